The number of halogens is 3. The number of alkyl halides is 3. The third kappa shape index (κ3) is 6.18. The van der Waals surface area contributed by atoms with Crippen LogP contribution in [0.25, 0.3) is 21.1 Å². The Morgan fingerprint density at radius 1 is 1.16 bits per heavy atom. The van der Waals surface area contributed by atoms with Gasteiger partial charge in [0.05, 0.1) is 27.7 Å². The first kappa shape index (κ1) is 23.0. The molecule has 0 aliphatic heterocycles. The molecule has 1 aliphatic carbocycles. The summed E-state index contributed by atoms with van der Waals surface area (Å²) in [6.45, 7) is 1.62. The number of fused-ring (bicyclic) bond motifs is 1. The highest BCUT2D eigenvalue weighted by Crippen LogP contribution is 2.35. The van der Waals surface area contributed by atoms with Crippen molar-refractivity contribution in [1.29, 1.82) is 5.41 Å². The van der Waals surface area contributed by atoms with Crippen molar-refractivity contribution in [3.63, 3.8) is 0 Å². The van der Waals surface area contributed by atoms with E-state index in [1.165, 1.54) is 5.56 Å². The van der Waals surface area contributed by atoms with Gasteiger partial charge in [-0.2, -0.15) is 13.2 Å². The Balaban J connectivity index is 0.000000293. The first-order valence-corrected chi connectivity index (χ1v) is 10.7. The maximum atomic E-state index is 11.1. The molecule has 0 atom stereocenters. The molecule has 0 radical (unpaired) electrons. The van der Waals surface area contributed by atoms with Crippen molar-refractivity contribution in [1.82, 2.24) is 15.0 Å². The van der Waals surface area contributed by atoms with Crippen molar-refractivity contribution in [2.75, 3.05) is 6.61 Å². The summed E-state index contributed by atoms with van der Waals surface area (Å²) in [5.41, 5.74) is 5.63. The number of nitrogens with zero attached hydrogens (tertiary/aromatic N) is 3. The third-order valence-corrected chi connectivity index (χ3v) is 5.92. The van der Waals surface area contributed by atoms with Crippen LogP contribution in [0.1, 0.15) is 42.6 Å². The zero-order chi connectivity index (χ0) is 22.4. The lowest BCUT2D eigenvalue weighted by Crippen LogP contribution is -2.13. The van der Waals surface area contributed by atoms with Crippen LogP contribution in [0.2, 0.25) is 0 Å². The molecule has 0 spiro atoms. The quantitative estimate of drug-likeness (QED) is 0.544. The summed E-state index contributed by atoms with van der Waals surface area (Å²) >= 11 is 1.63. The van der Waals surface area contributed by atoms with E-state index in [1.54, 1.807) is 17.5 Å². The first-order valence-electron chi connectivity index (χ1n) is 9.92. The predicted octanol–water partition coefficient (Wildman–Crippen LogP) is 5.60. The Kier molecular flexibility index (Phi) is 7.50. The molecule has 0 unspecified atom stereocenters. The molecular weight excluding hydrogens is 425 g/mol. The average molecular weight is 449 g/mol. The van der Waals surface area contributed by atoms with Gasteiger partial charge in [0.25, 0.3) is 0 Å². The van der Waals surface area contributed by atoms with E-state index in [2.05, 4.69) is 22.1 Å². The van der Waals surface area contributed by atoms with E-state index in [1.807, 2.05) is 25.3 Å². The van der Waals surface area contributed by atoms with Crippen LogP contribution in [0.15, 0.2) is 36.7 Å². The Labute approximate surface area is 182 Å². The average Bonchev–Trinajstić information content (AvgIpc) is 3.15. The van der Waals surface area contributed by atoms with E-state index in [0.717, 1.165) is 51.8 Å². The lowest BCUT2D eigenvalue weighted by molar-refractivity contribution is -0.136. The third-order valence-electron chi connectivity index (χ3n) is 4.69. The molecule has 5 nitrogen and oxygen atoms in total. The van der Waals surface area contributed by atoms with E-state index >= 15 is 0 Å². The highest BCUT2D eigenvalue weighted by atomic mass is 32.1. The number of thiazole rings is 1. The molecule has 0 amide bonds. The Morgan fingerprint density at radius 2 is 1.97 bits per heavy atom. The van der Waals surface area contributed by atoms with Gasteiger partial charge in [-0.15, -0.1) is 11.3 Å². The van der Waals surface area contributed by atoms with Gasteiger partial charge in [-0.1, -0.05) is 6.07 Å². The van der Waals surface area contributed by atoms with Crippen molar-refractivity contribution in [2.24, 2.45) is 0 Å². The molecule has 3 heterocycles. The maximum absolute atomic E-state index is 11.1. The van der Waals surface area contributed by atoms with Gasteiger partial charge in [0, 0.05) is 31.0 Å². The minimum Gasteiger partial charge on any atom is -0.396 e. The Morgan fingerprint density at radius 3 is 2.61 bits per heavy atom. The topological polar surface area (TPSA) is 82.8 Å². The maximum Gasteiger partial charge on any atom is 0.389 e. The predicted molar refractivity (Wildman–Crippen MR) is 115 cm³/mol. The van der Waals surface area contributed by atoms with Crippen LogP contribution in [-0.4, -0.2) is 38.6 Å². The highest BCUT2D eigenvalue weighted by Gasteiger charge is 2.25. The lowest BCUT2D eigenvalue weighted by Gasteiger charge is -2.16. The van der Waals surface area contributed by atoms with Gasteiger partial charge in [0.15, 0.2) is 0 Å². The van der Waals surface area contributed by atoms with Crippen LogP contribution in [0, 0.1) is 12.3 Å². The van der Waals surface area contributed by atoms with Crippen LogP contribution >= 0.6 is 11.3 Å². The number of hydrogen-bond acceptors (Lipinski definition) is 6. The SMILES string of the molecule is Cc1nc(-c2cccnc2)sc1-c1ccc2c(n1)C(=N)CCC2.OCCCC(F)(F)F. The monoisotopic (exact) mass is 448 g/mol. The highest BCUT2D eigenvalue weighted by molar-refractivity contribution is 7.18. The molecule has 0 saturated carbocycles. The standard InChI is InChI=1S/C18H16N4S.C4H7F3O/c1-11-17(23-18(21-11)13-5-3-9-20-10-13)15-8-7-12-4-2-6-14(19)16(12)22-15;5-4(6,7)2-1-3-8/h3,5,7-10,19H,2,4,6H2,1H3;8H,1-3H2. The largest absolute Gasteiger partial charge is 0.396 e. The van der Waals surface area contributed by atoms with Crippen molar-refractivity contribution < 1.29 is 18.3 Å². The van der Waals surface area contributed by atoms with E-state index in [4.69, 9.17) is 15.5 Å². The molecule has 2 N–H and O–H groups in total. The van der Waals surface area contributed by atoms with Crippen molar-refractivity contribution in [3.8, 4) is 21.1 Å². The molecule has 1 aliphatic rings. The number of aliphatic hydroxyl groups excluding tert-OH is 1. The number of aryl methyl sites for hydroxylation is 2. The Hall–Kier alpha value is -2.65. The van der Waals surface area contributed by atoms with Gasteiger partial charge in [-0.3, -0.25) is 4.98 Å². The van der Waals surface area contributed by atoms with Gasteiger partial charge >= 0.3 is 6.18 Å². The van der Waals surface area contributed by atoms with Crippen LogP contribution in [0.3, 0.4) is 0 Å². The zero-order valence-corrected chi connectivity index (χ0v) is 17.9. The summed E-state index contributed by atoms with van der Waals surface area (Å²) in [6.07, 6.45) is 1.31. The number of aliphatic hydroxyl groups is 1. The number of pyridine rings is 2. The van der Waals surface area contributed by atoms with Gasteiger partial charge < -0.3 is 10.5 Å². The number of nitrogens with one attached hydrogen (secondary N) is 1. The van der Waals surface area contributed by atoms with Crippen molar-refractivity contribution in [3.05, 3.63) is 53.6 Å². The van der Waals surface area contributed by atoms with E-state index in [0.29, 0.717) is 5.71 Å². The molecule has 0 bridgehead atoms. The Bertz CT molecular complexity index is 1030. The van der Waals surface area contributed by atoms with E-state index in [9.17, 15) is 13.2 Å². The van der Waals surface area contributed by atoms with Gasteiger partial charge in [0.2, 0.25) is 0 Å². The number of hydrogen-bond donors (Lipinski definition) is 2. The molecular formula is C22H23F3N4OS. The summed E-state index contributed by atoms with van der Waals surface area (Å²) in [4.78, 5) is 14.7. The molecule has 9 heteroatoms. The summed E-state index contributed by atoms with van der Waals surface area (Å²) in [6, 6.07) is 8.12. The summed E-state index contributed by atoms with van der Waals surface area (Å²) < 4.78 is 33.4. The fourth-order valence-corrected chi connectivity index (χ4v) is 4.20. The summed E-state index contributed by atoms with van der Waals surface area (Å²) in [7, 11) is 0. The van der Waals surface area contributed by atoms with Crippen LogP contribution < -0.4 is 0 Å². The van der Waals surface area contributed by atoms with Crippen LogP contribution in [0.4, 0.5) is 13.2 Å². The number of aromatic nitrogens is 3. The van der Waals surface area contributed by atoms with Crippen molar-refractivity contribution >= 4 is 17.0 Å². The molecule has 3 aromatic heterocycles. The minimum atomic E-state index is -4.11. The smallest absolute Gasteiger partial charge is 0.389 e. The second-order valence-electron chi connectivity index (χ2n) is 7.15. The van der Waals surface area contributed by atoms with Gasteiger partial charge in [-0.25, -0.2) is 9.97 Å². The molecule has 0 saturated heterocycles. The number of rotatable bonds is 4. The molecule has 3 aromatic rings. The van der Waals surface area contributed by atoms with Crippen LogP contribution in [0.5, 0.6) is 0 Å². The van der Waals surface area contributed by atoms with Crippen LogP contribution in [-0.2, 0) is 6.42 Å². The van der Waals surface area contributed by atoms with Crippen molar-refractivity contribution in [2.45, 2.75) is 45.2 Å². The molecule has 0 aromatic carbocycles. The zero-order valence-electron chi connectivity index (χ0n) is 17.0. The second-order valence-corrected chi connectivity index (χ2v) is 8.15. The van der Waals surface area contributed by atoms with Gasteiger partial charge in [0.1, 0.15) is 5.01 Å². The molecule has 31 heavy (non-hydrogen) atoms. The van der Waals surface area contributed by atoms with Gasteiger partial charge in [-0.05, 0) is 56.4 Å². The van der Waals surface area contributed by atoms with E-state index in [-0.39, 0.29) is 13.0 Å². The second kappa shape index (κ2) is 10.1. The molecule has 4 rings (SSSR count). The minimum absolute atomic E-state index is 0.191. The first-order chi connectivity index (χ1) is 14.8. The molecule has 0 fully saturated rings. The lowest BCUT2D eigenvalue weighted by atomic mass is 9.94. The fraction of sp³-hybridized carbons (Fsp3) is 0.364. The fourth-order valence-electron chi connectivity index (χ4n) is 3.18. The summed E-state index contributed by atoms with van der Waals surface area (Å²) in [5.74, 6) is 0. The molecule has 164 valence electrons. The van der Waals surface area contributed by atoms with E-state index < -0.39 is 12.6 Å². The normalized spacial score (nSPS) is 13.4. The summed E-state index contributed by atoms with van der Waals surface area (Å²) in [5, 5.41) is 17.0.